The molecule has 4 aromatic rings. The van der Waals surface area contributed by atoms with E-state index >= 15 is 0 Å². The van der Waals surface area contributed by atoms with Gasteiger partial charge in [0.15, 0.2) is 6.29 Å². The largest absolute Gasteiger partial charge is 0.493 e. The third kappa shape index (κ3) is 7.52. The van der Waals surface area contributed by atoms with Gasteiger partial charge in [-0.2, -0.15) is 0 Å². The van der Waals surface area contributed by atoms with Crippen molar-refractivity contribution in [3.63, 3.8) is 0 Å². The summed E-state index contributed by atoms with van der Waals surface area (Å²) in [5.74, 6) is 0.737. The summed E-state index contributed by atoms with van der Waals surface area (Å²) in [4.78, 5) is 39.8. The van der Waals surface area contributed by atoms with Crippen LogP contribution in [0.2, 0.25) is 5.02 Å². The number of hydrogen-bond donors (Lipinski definition) is 5. The van der Waals surface area contributed by atoms with Gasteiger partial charge >= 0.3 is 0 Å². The minimum absolute atomic E-state index is 0.0395. The minimum atomic E-state index is -0.414. The van der Waals surface area contributed by atoms with Crippen LogP contribution in [-0.2, 0) is 0 Å². The number of carbonyl (C=O) groups excluding carboxylic acids is 2. The Labute approximate surface area is 261 Å². The number of benzene rings is 1. The van der Waals surface area contributed by atoms with Crippen molar-refractivity contribution < 1.29 is 14.3 Å². The molecule has 1 unspecified atom stereocenters. The second kappa shape index (κ2) is 15.5. The fourth-order valence-corrected chi connectivity index (χ4v) is 4.53. The Kier molecular flexibility index (Phi) is 11.8. The highest BCUT2D eigenvalue weighted by molar-refractivity contribution is 6.32. The van der Waals surface area contributed by atoms with Crippen LogP contribution in [0, 0.1) is 12.3 Å². The lowest BCUT2D eigenvalue weighted by Crippen LogP contribution is -2.19. The second-order valence-electron chi connectivity index (χ2n) is 9.53. The summed E-state index contributed by atoms with van der Waals surface area (Å²) in [5.41, 5.74) is 10.5. The summed E-state index contributed by atoms with van der Waals surface area (Å²) >= 11 is 6.72. The van der Waals surface area contributed by atoms with Crippen molar-refractivity contribution >= 4 is 41.1 Å². The fourth-order valence-electron chi connectivity index (χ4n) is 4.32. The molecule has 230 valence electrons. The van der Waals surface area contributed by atoms with Crippen molar-refractivity contribution in [3.05, 3.63) is 87.7 Å². The van der Waals surface area contributed by atoms with Crippen LogP contribution < -0.4 is 26.4 Å². The standard InChI is InChI=1S/C29H29ClN8O3.C2H7N/c1-5-41-26-20(10-21(30)15(2)23(26)17-7-9-22(35-11-17)29(40)33-4)16(3)38-28-24(27(32)36-14-37-28)25(31)18-6-8-19(13-39)34-12-18;1-3-2/h6-14,16,31H,5H2,1-4H3,(H,33,40)(H3,32,36,37,38);3H,1-2H3. The highest BCUT2D eigenvalue weighted by Crippen LogP contribution is 2.43. The second-order valence-corrected chi connectivity index (χ2v) is 9.94. The highest BCUT2D eigenvalue weighted by Gasteiger charge is 2.24. The van der Waals surface area contributed by atoms with Crippen LogP contribution in [0.3, 0.4) is 0 Å². The third-order valence-corrected chi connectivity index (χ3v) is 6.84. The third-order valence-electron chi connectivity index (χ3n) is 6.45. The van der Waals surface area contributed by atoms with Gasteiger partial charge in [0.05, 0.1) is 23.9 Å². The maximum absolute atomic E-state index is 12.0. The average Bonchev–Trinajstić information content (AvgIpc) is 3.03. The Hall–Kier alpha value is -4.94. The molecular formula is C31H36ClN9O3. The summed E-state index contributed by atoms with van der Waals surface area (Å²) in [7, 11) is 5.30. The predicted molar refractivity (Wildman–Crippen MR) is 173 cm³/mol. The van der Waals surface area contributed by atoms with Crippen LogP contribution in [0.1, 0.15) is 63.1 Å². The van der Waals surface area contributed by atoms with Gasteiger partial charge in [0.1, 0.15) is 35.1 Å². The van der Waals surface area contributed by atoms with Crippen LogP contribution in [0.15, 0.2) is 49.1 Å². The van der Waals surface area contributed by atoms with Crippen LogP contribution >= 0.6 is 11.6 Å². The SMILES string of the molecule is CCOc1c(C(C)Nc2ncnc(N)c2C(=N)c2ccc(C=O)nc2)cc(Cl)c(C)c1-c1ccc(C(=O)NC)nc1.CNC. The zero-order valence-electron chi connectivity index (χ0n) is 25.4. The molecule has 0 saturated heterocycles. The van der Waals surface area contributed by atoms with Gasteiger partial charge in [0, 0.05) is 46.7 Å². The van der Waals surface area contributed by atoms with Crippen molar-refractivity contribution in [2.75, 3.05) is 38.8 Å². The van der Waals surface area contributed by atoms with E-state index in [-0.39, 0.29) is 34.4 Å². The number of ether oxygens (including phenoxy) is 1. The Morgan fingerprint density at radius 3 is 2.41 bits per heavy atom. The predicted octanol–water partition coefficient (Wildman–Crippen LogP) is 4.47. The maximum Gasteiger partial charge on any atom is 0.269 e. The van der Waals surface area contributed by atoms with Gasteiger partial charge in [-0.15, -0.1) is 0 Å². The molecular weight excluding hydrogens is 582 g/mol. The summed E-state index contributed by atoms with van der Waals surface area (Å²) in [6, 6.07) is 7.99. The molecule has 0 fully saturated rings. The van der Waals surface area contributed by atoms with Crippen molar-refractivity contribution in [1.82, 2.24) is 30.6 Å². The van der Waals surface area contributed by atoms with Crippen molar-refractivity contribution in [2.45, 2.75) is 26.8 Å². The van der Waals surface area contributed by atoms with Crippen molar-refractivity contribution in [1.29, 1.82) is 5.41 Å². The molecule has 1 aromatic carbocycles. The van der Waals surface area contributed by atoms with Gasteiger partial charge in [-0.1, -0.05) is 17.7 Å². The number of pyridine rings is 2. The molecule has 3 aromatic heterocycles. The van der Waals surface area contributed by atoms with Crippen LogP contribution in [0.25, 0.3) is 11.1 Å². The molecule has 6 N–H and O–H groups in total. The number of halogens is 1. The fraction of sp³-hybridized carbons (Fsp3) is 0.258. The Morgan fingerprint density at radius 1 is 1.11 bits per heavy atom. The highest BCUT2D eigenvalue weighted by atomic mass is 35.5. The number of aromatic nitrogens is 4. The summed E-state index contributed by atoms with van der Waals surface area (Å²) in [6.07, 6.45) is 4.98. The molecule has 1 amide bonds. The number of carbonyl (C=O) groups is 2. The first-order chi connectivity index (χ1) is 21.1. The van der Waals surface area contributed by atoms with E-state index in [0.29, 0.717) is 35.0 Å². The maximum atomic E-state index is 12.0. The summed E-state index contributed by atoms with van der Waals surface area (Å²) in [5, 5.41) is 18.0. The number of amides is 1. The lowest BCUT2D eigenvalue weighted by molar-refractivity contribution is 0.0958. The van der Waals surface area contributed by atoms with Gasteiger partial charge < -0.3 is 26.4 Å². The van der Waals surface area contributed by atoms with Gasteiger partial charge in [0.25, 0.3) is 5.91 Å². The van der Waals surface area contributed by atoms with E-state index in [1.54, 1.807) is 31.4 Å². The Morgan fingerprint density at radius 2 is 1.84 bits per heavy atom. The zero-order chi connectivity index (χ0) is 32.4. The van der Waals surface area contributed by atoms with E-state index in [1.807, 2.05) is 40.9 Å². The summed E-state index contributed by atoms with van der Waals surface area (Å²) < 4.78 is 6.17. The first-order valence-corrected chi connectivity index (χ1v) is 14.1. The van der Waals surface area contributed by atoms with Crippen LogP contribution in [0.4, 0.5) is 11.6 Å². The molecule has 0 aliphatic heterocycles. The van der Waals surface area contributed by atoms with Crippen LogP contribution in [0.5, 0.6) is 5.75 Å². The molecule has 4 rings (SSSR count). The van der Waals surface area contributed by atoms with Gasteiger partial charge in [-0.3, -0.25) is 25.0 Å². The number of hydrogen-bond acceptors (Lipinski definition) is 11. The molecule has 0 aliphatic carbocycles. The van der Waals surface area contributed by atoms with Crippen LogP contribution in [-0.4, -0.2) is 65.6 Å². The summed E-state index contributed by atoms with van der Waals surface area (Å²) in [6.45, 7) is 6.07. The normalized spacial score (nSPS) is 11.1. The lowest BCUT2D eigenvalue weighted by Gasteiger charge is -2.24. The average molecular weight is 618 g/mol. The van der Waals surface area contributed by atoms with E-state index < -0.39 is 6.04 Å². The smallest absolute Gasteiger partial charge is 0.269 e. The number of anilines is 2. The topological polar surface area (TPSA) is 181 Å². The number of rotatable bonds is 10. The minimum Gasteiger partial charge on any atom is -0.493 e. The van der Waals surface area contributed by atoms with Gasteiger partial charge in [-0.25, -0.2) is 9.97 Å². The molecule has 44 heavy (non-hydrogen) atoms. The molecule has 0 radical (unpaired) electrons. The molecule has 13 heteroatoms. The number of nitrogen functional groups attached to an aromatic ring is 1. The molecule has 0 bridgehead atoms. The van der Waals surface area contributed by atoms with E-state index in [2.05, 4.69) is 35.9 Å². The molecule has 1 atom stereocenters. The Balaban J connectivity index is 0.00000169. The molecule has 0 saturated carbocycles. The first kappa shape index (κ1) is 33.6. The Bertz CT molecular complexity index is 1630. The van der Waals surface area contributed by atoms with E-state index in [1.165, 1.54) is 18.6 Å². The quantitative estimate of drug-likeness (QED) is 0.126. The van der Waals surface area contributed by atoms with E-state index in [4.69, 9.17) is 27.5 Å². The van der Waals surface area contributed by atoms with Gasteiger partial charge in [0.2, 0.25) is 0 Å². The van der Waals surface area contributed by atoms with E-state index in [9.17, 15) is 9.59 Å². The molecule has 0 spiro atoms. The number of nitrogens with one attached hydrogen (secondary N) is 4. The number of nitrogens with two attached hydrogens (primary N) is 1. The lowest BCUT2D eigenvalue weighted by atomic mass is 9.94. The van der Waals surface area contributed by atoms with Gasteiger partial charge in [-0.05, 0) is 64.7 Å². The van der Waals surface area contributed by atoms with E-state index in [0.717, 1.165) is 22.3 Å². The monoisotopic (exact) mass is 617 g/mol. The first-order valence-electron chi connectivity index (χ1n) is 13.7. The van der Waals surface area contributed by atoms with Crippen molar-refractivity contribution in [2.24, 2.45) is 0 Å². The van der Waals surface area contributed by atoms with Crippen molar-refractivity contribution in [3.8, 4) is 16.9 Å². The molecule has 0 aliphatic rings. The molecule has 3 heterocycles. The number of nitrogens with zero attached hydrogens (tertiary/aromatic N) is 4. The molecule has 12 nitrogen and oxygen atoms in total. The number of aldehydes is 1. The zero-order valence-corrected chi connectivity index (χ0v) is 26.2.